The summed E-state index contributed by atoms with van der Waals surface area (Å²) < 4.78 is 5.58. The van der Waals surface area contributed by atoms with E-state index in [1.807, 2.05) is 0 Å². The van der Waals surface area contributed by atoms with Crippen LogP contribution in [0.25, 0.3) is 0 Å². The van der Waals surface area contributed by atoms with Gasteiger partial charge in [0.05, 0.1) is 0 Å². The monoisotopic (exact) mass is 428 g/mol. The van der Waals surface area contributed by atoms with Crippen molar-refractivity contribution < 1.29 is 9.53 Å². The molecular weight excluding hydrogens is 380 g/mol. The van der Waals surface area contributed by atoms with E-state index in [0.29, 0.717) is 10.8 Å². The fourth-order valence-corrected chi connectivity index (χ4v) is 9.03. The van der Waals surface area contributed by atoms with E-state index in [2.05, 4.69) is 40.7 Å². The fraction of sp³-hybridized carbons (Fsp3) is 0.897. The van der Waals surface area contributed by atoms with Gasteiger partial charge in [-0.05, 0) is 104 Å². The molecule has 8 atom stereocenters. The van der Waals surface area contributed by atoms with E-state index in [-0.39, 0.29) is 12.1 Å². The van der Waals surface area contributed by atoms with E-state index in [0.717, 1.165) is 41.9 Å². The Hall–Kier alpha value is -0.790. The highest BCUT2D eigenvalue weighted by Gasteiger charge is 2.59. The first-order valence-corrected chi connectivity index (χ1v) is 13.5. The Kier molecular flexibility index (Phi) is 6.68. The zero-order valence-electron chi connectivity index (χ0n) is 21.2. The third kappa shape index (κ3) is 4.26. The normalized spacial score (nSPS) is 42.9. The molecule has 176 valence electrons. The van der Waals surface area contributed by atoms with Crippen LogP contribution in [0, 0.1) is 46.3 Å². The van der Waals surface area contributed by atoms with Crippen LogP contribution < -0.4 is 0 Å². The van der Waals surface area contributed by atoms with Crippen molar-refractivity contribution in [3.8, 4) is 0 Å². The van der Waals surface area contributed by atoms with Crippen molar-refractivity contribution in [1.29, 1.82) is 0 Å². The van der Waals surface area contributed by atoms with Gasteiger partial charge in [-0.15, -0.1) is 0 Å². The first-order chi connectivity index (χ1) is 14.6. The van der Waals surface area contributed by atoms with Crippen LogP contribution in [0.3, 0.4) is 0 Å². The highest BCUT2D eigenvalue weighted by atomic mass is 16.5. The number of esters is 1. The molecule has 0 amide bonds. The Morgan fingerprint density at radius 3 is 2.52 bits per heavy atom. The Balaban J connectivity index is 1.47. The summed E-state index contributed by atoms with van der Waals surface area (Å²) in [6.07, 6.45) is 17.2. The molecule has 0 spiro atoms. The van der Waals surface area contributed by atoms with E-state index in [9.17, 15) is 4.79 Å². The molecule has 4 aliphatic rings. The first kappa shape index (κ1) is 23.4. The lowest BCUT2D eigenvalue weighted by molar-refractivity contribution is -0.145. The van der Waals surface area contributed by atoms with Gasteiger partial charge in [-0.1, -0.05) is 59.5 Å². The smallest absolute Gasteiger partial charge is 0.303 e. The fourth-order valence-electron chi connectivity index (χ4n) is 9.03. The van der Waals surface area contributed by atoms with Crippen molar-refractivity contribution in [2.75, 3.05) is 0 Å². The van der Waals surface area contributed by atoms with Gasteiger partial charge in [-0.25, -0.2) is 0 Å². The average molecular weight is 429 g/mol. The van der Waals surface area contributed by atoms with Crippen LogP contribution in [0.2, 0.25) is 0 Å². The maximum absolute atomic E-state index is 11.5. The zero-order valence-corrected chi connectivity index (χ0v) is 21.2. The SMILES string of the molecule is CC(=O)O[C@H]1C=C2CC[C@H]3[C@@H]4CC[C@H]([C@H](C)CCCC(C)C)[C@@]4(C)CC[C@@H]3[C@@]2(C)CC1. The van der Waals surface area contributed by atoms with Crippen molar-refractivity contribution in [2.45, 2.75) is 118 Å². The van der Waals surface area contributed by atoms with E-state index in [1.54, 1.807) is 12.5 Å². The molecule has 0 aromatic rings. The molecule has 0 aliphatic heterocycles. The molecule has 0 aromatic heterocycles. The summed E-state index contributed by atoms with van der Waals surface area (Å²) in [6.45, 7) is 14.1. The lowest BCUT2D eigenvalue weighted by Gasteiger charge is -2.59. The van der Waals surface area contributed by atoms with Crippen LogP contribution in [-0.4, -0.2) is 12.1 Å². The lowest BCUT2D eigenvalue weighted by atomic mass is 9.46. The maximum Gasteiger partial charge on any atom is 0.303 e. The molecule has 0 aromatic carbocycles. The standard InChI is InChI=1S/C29H48O2/c1-19(2)8-7-9-20(3)25-12-13-26-24-11-10-22-18-23(31-21(4)30)14-16-28(22,5)27(24)15-17-29(25,26)6/h18-20,23-27H,7-17H2,1-6H3/t20-,23-,24+,25-,26+,27+,28+,29-/m1/s1. The van der Waals surface area contributed by atoms with Gasteiger partial charge in [-0.3, -0.25) is 4.79 Å². The van der Waals surface area contributed by atoms with Crippen molar-refractivity contribution in [3.05, 3.63) is 11.6 Å². The van der Waals surface area contributed by atoms with Crippen LogP contribution >= 0.6 is 0 Å². The van der Waals surface area contributed by atoms with E-state index >= 15 is 0 Å². The van der Waals surface area contributed by atoms with E-state index in [4.69, 9.17) is 4.74 Å². The van der Waals surface area contributed by atoms with Crippen molar-refractivity contribution in [3.63, 3.8) is 0 Å². The molecule has 4 rings (SSSR count). The number of rotatable bonds is 6. The molecule has 0 heterocycles. The van der Waals surface area contributed by atoms with Crippen LogP contribution in [0.15, 0.2) is 11.6 Å². The molecular formula is C29H48O2. The summed E-state index contributed by atoms with van der Waals surface area (Å²) in [5, 5.41) is 0. The second kappa shape index (κ2) is 8.86. The molecule has 0 unspecified atom stereocenters. The van der Waals surface area contributed by atoms with Crippen LogP contribution in [0.4, 0.5) is 0 Å². The predicted octanol–water partition coefficient (Wildman–Crippen LogP) is 7.96. The second-order valence-corrected chi connectivity index (χ2v) is 12.7. The van der Waals surface area contributed by atoms with Crippen LogP contribution in [0.1, 0.15) is 112 Å². The van der Waals surface area contributed by atoms with Gasteiger partial charge in [0.1, 0.15) is 6.10 Å². The third-order valence-corrected chi connectivity index (χ3v) is 10.6. The minimum Gasteiger partial charge on any atom is -0.458 e. The Labute approximate surface area is 192 Å². The number of carbonyl (C=O) groups excluding carboxylic acids is 1. The van der Waals surface area contributed by atoms with Gasteiger partial charge >= 0.3 is 5.97 Å². The molecule has 0 N–H and O–H groups in total. The maximum atomic E-state index is 11.5. The molecule has 3 fully saturated rings. The van der Waals surface area contributed by atoms with Gasteiger partial charge in [0.25, 0.3) is 0 Å². The Morgan fingerprint density at radius 1 is 1.03 bits per heavy atom. The highest BCUT2D eigenvalue weighted by Crippen LogP contribution is 2.67. The van der Waals surface area contributed by atoms with Crippen molar-refractivity contribution in [2.24, 2.45) is 46.3 Å². The Bertz CT molecular complexity index is 693. The molecule has 0 saturated heterocycles. The summed E-state index contributed by atoms with van der Waals surface area (Å²) in [7, 11) is 0. The Morgan fingerprint density at radius 2 is 1.81 bits per heavy atom. The van der Waals surface area contributed by atoms with Crippen molar-refractivity contribution >= 4 is 5.97 Å². The van der Waals surface area contributed by atoms with E-state index < -0.39 is 0 Å². The van der Waals surface area contributed by atoms with Gasteiger partial charge in [-0.2, -0.15) is 0 Å². The highest BCUT2D eigenvalue weighted by molar-refractivity contribution is 5.66. The van der Waals surface area contributed by atoms with Gasteiger partial charge in [0.2, 0.25) is 0 Å². The minimum absolute atomic E-state index is 0.0218. The zero-order chi connectivity index (χ0) is 22.4. The topological polar surface area (TPSA) is 26.3 Å². The lowest BCUT2D eigenvalue weighted by Crippen LogP contribution is -2.51. The number of fused-ring (bicyclic) bond motifs is 5. The largest absolute Gasteiger partial charge is 0.458 e. The second-order valence-electron chi connectivity index (χ2n) is 12.7. The van der Waals surface area contributed by atoms with E-state index in [1.165, 1.54) is 64.2 Å². The summed E-state index contributed by atoms with van der Waals surface area (Å²) in [5.74, 6) is 5.24. The third-order valence-electron chi connectivity index (χ3n) is 10.6. The molecule has 2 heteroatoms. The molecule has 2 nitrogen and oxygen atoms in total. The van der Waals surface area contributed by atoms with Crippen molar-refractivity contribution in [1.82, 2.24) is 0 Å². The predicted molar refractivity (Wildman–Crippen MR) is 129 cm³/mol. The quantitative estimate of drug-likeness (QED) is 0.317. The van der Waals surface area contributed by atoms with Gasteiger partial charge < -0.3 is 4.74 Å². The van der Waals surface area contributed by atoms with Crippen LogP contribution in [-0.2, 0) is 9.53 Å². The molecule has 3 saturated carbocycles. The molecule has 0 bridgehead atoms. The number of ether oxygens (including phenoxy) is 1. The van der Waals surface area contributed by atoms with Crippen LogP contribution in [0.5, 0.6) is 0 Å². The molecule has 31 heavy (non-hydrogen) atoms. The number of allylic oxidation sites excluding steroid dienone is 1. The average Bonchev–Trinajstić information content (AvgIpc) is 3.05. The number of hydrogen-bond donors (Lipinski definition) is 0. The summed E-state index contributed by atoms with van der Waals surface area (Å²) in [5.41, 5.74) is 2.54. The molecule has 0 radical (unpaired) electrons. The summed E-state index contributed by atoms with van der Waals surface area (Å²) in [6, 6.07) is 0. The van der Waals surface area contributed by atoms with Gasteiger partial charge in [0, 0.05) is 6.92 Å². The summed E-state index contributed by atoms with van der Waals surface area (Å²) >= 11 is 0. The number of hydrogen-bond acceptors (Lipinski definition) is 2. The first-order valence-electron chi connectivity index (χ1n) is 13.5. The number of carbonyl (C=O) groups is 1. The van der Waals surface area contributed by atoms with Gasteiger partial charge in [0.15, 0.2) is 0 Å². The molecule has 4 aliphatic carbocycles. The minimum atomic E-state index is -0.132. The summed E-state index contributed by atoms with van der Waals surface area (Å²) in [4.78, 5) is 11.5.